The third-order valence-corrected chi connectivity index (χ3v) is 23.0. The Bertz CT molecular complexity index is 4000. The van der Waals surface area contributed by atoms with Crippen molar-refractivity contribution in [3.63, 3.8) is 0 Å². The summed E-state index contributed by atoms with van der Waals surface area (Å²) in [6.07, 6.45) is 4.26. The minimum atomic E-state index is -6.15. The molecule has 4 N–H and O–H groups in total. The Morgan fingerprint density at radius 3 is 2.10 bits per heavy atom. The molecular formula is C71H87ClF3N9O11S3. The van der Waals surface area contributed by atoms with E-state index in [1.165, 1.54) is 46.7 Å². The van der Waals surface area contributed by atoms with Crippen molar-refractivity contribution in [2.45, 2.75) is 130 Å². The summed E-state index contributed by atoms with van der Waals surface area (Å²) in [5, 5.41) is 9.17. The number of imide groups is 2. The highest BCUT2D eigenvalue weighted by Crippen LogP contribution is 2.44. The number of carbonyl (C=O) groups excluding carboxylic acids is 5. The van der Waals surface area contributed by atoms with Gasteiger partial charge in [-0.25, -0.2) is 21.6 Å². The number of amides is 5. The summed E-state index contributed by atoms with van der Waals surface area (Å²) in [5.74, 6) is -3.07. The van der Waals surface area contributed by atoms with E-state index < -0.39 is 93.7 Å². The molecule has 0 spiro atoms. The van der Waals surface area contributed by atoms with Gasteiger partial charge in [0.05, 0.1) is 46.1 Å². The normalized spacial score (nSPS) is 19.0. The molecular weight excluding hydrogens is 1340 g/mol. The Morgan fingerprint density at radius 1 is 0.755 bits per heavy atom. The van der Waals surface area contributed by atoms with Gasteiger partial charge in [0.15, 0.2) is 0 Å². The fourth-order valence-electron chi connectivity index (χ4n) is 13.0. The first-order valence-corrected chi connectivity index (χ1v) is 37.5. The average molecular weight is 1430 g/mol. The van der Waals surface area contributed by atoms with E-state index in [0.29, 0.717) is 74.6 Å². The number of carbonyl (C=O) groups is 5. The number of rotatable bonds is 28. The van der Waals surface area contributed by atoms with Gasteiger partial charge in [-0.05, 0) is 162 Å². The van der Waals surface area contributed by atoms with Crippen LogP contribution in [0.5, 0.6) is 0 Å². The fourth-order valence-corrected chi connectivity index (χ4v) is 16.1. The summed E-state index contributed by atoms with van der Waals surface area (Å²) in [5.41, 5.74) is -1.70. The molecule has 98 heavy (non-hydrogen) atoms. The minimum absolute atomic E-state index is 0.0197. The maximum Gasteiger partial charge on any atom is 0.501 e. The van der Waals surface area contributed by atoms with Crippen molar-refractivity contribution in [2.24, 2.45) is 5.41 Å². The van der Waals surface area contributed by atoms with Crippen molar-refractivity contribution in [1.82, 2.24) is 29.6 Å². The van der Waals surface area contributed by atoms with Crippen LogP contribution in [0.2, 0.25) is 5.02 Å². The summed E-state index contributed by atoms with van der Waals surface area (Å²) in [4.78, 5) is 73.6. The number of sulfone groups is 1. The summed E-state index contributed by atoms with van der Waals surface area (Å²) < 4.78 is 113. The van der Waals surface area contributed by atoms with Crippen LogP contribution in [0.4, 0.5) is 30.2 Å². The smallest absolute Gasteiger partial charge is 0.382 e. The Hall–Kier alpha value is -6.88. The van der Waals surface area contributed by atoms with E-state index in [1.54, 1.807) is 24.3 Å². The standard InChI is InChI=1S/C71H87ClF3N9O11S3/c1-68(2)29-27-56(48-15-19-51(72)20-16-48)50(44-68)45-82-38-40-83(41-39-82)53-21-17-49(18-22-53)64(86)79-98(92,93)55-23-24-58(61(43-55)97(90,91)71(73,74)75)77-52(46-96-54-11-8-7-9-12-54)28-32-80-34-36-81(37-35-80)33-30-69(3,4)95-47-70(5,6)94-42-31-76-59-14-10-13-57-63(59)67(89)84(66(57)88)60-25-26-62(85)78-65(60)87/h7-24,43,52,60,76-77H,25-42,44-47H2,1-6H3,(H,79,86)(H,78,85,87)/t52-,60?/m1/s1. The van der Waals surface area contributed by atoms with E-state index in [0.717, 1.165) is 86.1 Å². The third-order valence-electron chi connectivity index (χ3n) is 18.8. The maximum absolute atomic E-state index is 14.6. The number of thioether (sulfide) groups is 1. The molecule has 20 nitrogen and oxygen atoms in total. The second-order valence-electron chi connectivity index (χ2n) is 27.7. The van der Waals surface area contributed by atoms with Crippen molar-refractivity contribution in [1.29, 1.82) is 0 Å². The second-order valence-corrected chi connectivity index (χ2v) is 32.8. The minimum Gasteiger partial charge on any atom is -0.382 e. The zero-order chi connectivity index (χ0) is 70.4. The number of piperidine rings is 1. The lowest BCUT2D eigenvalue weighted by Gasteiger charge is -2.39. The Labute approximate surface area is 581 Å². The molecule has 5 aromatic rings. The van der Waals surface area contributed by atoms with Gasteiger partial charge in [-0.15, -0.1) is 11.8 Å². The highest BCUT2D eigenvalue weighted by Gasteiger charge is 2.49. The van der Waals surface area contributed by atoms with Crippen LogP contribution in [0, 0.1) is 5.41 Å². The number of nitrogens with one attached hydrogen (secondary N) is 4. The quantitative estimate of drug-likeness (QED) is 0.0207. The first kappa shape index (κ1) is 73.8. The largest absolute Gasteiger partial charge is 0.501 e. The summed E-state index contributed by atoms with van der Waals surface area (Å²) >= 11 is 7.66. The molecule has 0 aromatic heterocycles. The average Bonchev–Trinajstić information content (AvgIpc) is 1.40. The van der Waals surface area contributed by atoms with Crippen LogP contribution in [0.15, 0.2) is 136 Å². The molecule has 5 aliphatic rings. The fraction of sp³-hybridized carbons (Fsp3) is 0.479. The molecule has 3 fully saturated rings. The Kier molecular flexibility index (Phi) is 23.3. The lowest BCUT2D eigenvalue weighted by molar-refractivity contribution is -0.136. The molecule has 0 bridgehead atoms. The molecule has 10 rings (SSSR count). The van der Waals surface area contributed by atoms with Crippen LogP contribution < -0.4 is 25.6 Å². The van der Waals surface area contributed by atoms with Crippen LogP contribution in [0.25, 0.3) is 5.57 Å². The number of fused-ring (bicyclic) bond motifs is 1. The predicted molar refractivity (Wildman–Crippen MR) is 374 cm³/mol. The van der Waals surface area contributed by atoms with Crippen molar-refractivity contribution in [2.75, 3.05) is 113 Å². The summed E-state index contributed by atoms with van der Waals surface area (Å²) in [6.45, 7) is 21.2. The number of allylic oxidation sites excluding steroid dienone is 1. The number of piperazine rings is 2. The molecule has 528 valence electrons. The van der Waals surface area contributed by atoms with E-state index in [9.17, 15) is 54.0 Å². The van der Waals surface area contributed by atoms with Gasteiger partial charge in [0.1, 0.15) is 10.9 Å². The monoisotopic (exact) mass is 1430 g/mol. The molecule has 27 heteroatoms. The van der Waals surface area contributed by atoms with Crippen LogP contribution in [0.3, 0.4) is 0 Å². The molecule has 4 heterocycles. The molecule has 4 aliphatic heterocycles. The number of hydrogen-bond donors (Lipinski definition) is 4. The van der Waals surface area contributed by atoms with E-state index in [4.69, 9.17) is 21.1 Å². The van der Waals surface area contributed by atoms with Crippen LogP contribution in [-0.4, -0.2) is 192 Å². The van der Waals surface area contributed by atoms with E-state index in [-0.39, 0.29) is 48.2 Å². The number of halogens is 4. The number of nitrogens with zero attached hydrogens (tertiary/aromatic N) is 5. The lowest BCUT2D eigenvalue weighted by atomic mass is 9.73. The number of hydrogen-bond acceptors (Lipinski definition) is 18. The van der Waals surface area contributed by atoms with E-state index >= 15 is 0 Å². The van der Waals surface area contributed by atoms with Gasteiger partial charge in [0.2, 0.25) is 11.8 Å². The van der Waals surface area contributed by atoms with Gasteiger partial charge in [0, 0.05) is 124 Å². The third kappa shape index (κ3) is 18.6. The zero-order valence-corrected chi connectivity index (χ0v) is 59.3. The van der Waals surface area contributed by atoms with Gasteiger partial charge in [0.25, 0.3) is 37.6 Å². The summed E-state index contributed by atoms with van der Waals surface area (Å²) in [6, 6.07) is 29.4. The molecule has 5 aromatic carbocycles. The number of anilines is 3. The molecule has 0 radical (unpaired) electrons. The predicted octanol–water partition coefficient (Wildman–Crippen LogP) is 10.6. The first-order valence-electron chi connectivity index (χ1n) is 33.2. The molecule has 1 aliphatic carbocycles. The molecule has 5 amide bonds. The van der Waals surface area contributed by atoms with Crippen molar-refractivity contribution in [3.05, 3.63) is 148 Å². The van der Waals surface area contributed by atoms with Gasteiger partial charge < -0.3 is 34.8 Å². The van der Waals surface area contributed by atoms with Gasteiger partial charge in [-0.2, -0.15) is 13.2 Å². The highest BCUT2D eigenvalue weighted by atomic mass is 35.5. The topological polar surface area (TPSA) is 236 Å². The SMILES string of the molecule is CC1(C)CCC(c2ccc(Cl)cc2)=C(CN2CCN(c3ccc(C(=O)NS(=O)(=O)c4ccc(N[C@H](CCN5CCN(CCC(C)(C)OCC(C)(C)OCCNc6cccc7c6C(=O)N(C6CCC(=O)NC6=O)C7=O)CC5)CSc5ccccc5)c(S(=O)(=O)C(F)(F)F)c4)cc3)CC2)C1. The molecule has 1 unspecified atom stereocenters. The second kappa shape index (κ2) is 30.9. The van der Waals surface area contributed by atoms with Gasteiger partial charge in [-0.3, -0.25) is 39.1 Å². The number of ether oxygens (including phenoxy) is 2. The molecule has 3 saturated heterocycles. The number of benzene rings is 5. The van der Waals surface area contributed by atoms with Gasteiger partial charge in [-0.1, -0.05) is 67.4 Å². The molecule has 0 saturated carbocycles. The number of alkyl halides is 3. The van der Waals surface area contributed by atoms with Crippen molar-refractivity contribution >= 4 is 95.4 Å². The highest BCUT2D eigenvalue weighted by molar-refractivity contribution is 7.99. The summed E-state index contributed by atoms with van der Waals surface area (Å²) in [7, 11) is -11.1. The first-order chi connectivity index (χ1) is 46.3. The van der Waals surface area contributed by atoms with Crippen LogP contribution in [0.1, 0.15) is 123 Å². The van der Waals surface area contributed by atoms with Crippen LogP contribution in [-0.2, 0) is 38.9 Å². The van der Waals surface area contributed by atoms with Crippen molar-refractivity contribution < 1.29 is 63.5 Å². The van der Waals surface area contributed by atoms with Crippen molar-refractivity contribution in [3.8, 4) is 0 Å². The number of sulfonamides is 1. The maximum atomic E-state index is 14.6. The van der Waals surface area contributed by atoms with E-state index in [2.05, 4.69) is 61.5 Å². The van der Waals surface area contributed by atoms with E-state index in [1.807, 2.05) is 74.9 Å². The van der Waals surface area contributed by atoms with Gasteiger partial charge >= 0.3 is 5.51 Å². The Balaban J connectivity index is 0.701. The zero-order valence-electron chi connectivity index (χ0n) is 56.1. The lowest BCUT2D eigenvalue weighted by Crippen LogP contribution is -2.54. The Morgan fingerprint density at radius 2 is 1.43 bits per heavy atom. The molecule has 2 atom stereocenters. The van der Waals surface area contributed by atoms with Crippen LogP contribution >= 0.6 is 23.4 Å².